The predicted molar refractivity (Wildman–Crippen MR) is 60.5 cm³/mol. The van der Waals surface area contributed by atoms with Crippen molar-refractivity contribution in [2.75, 3.05) is 14.2 Å². The van der Waals surface area contributed by atoms with E-state index < -0.39 is 0 Å². The maximum absolute atomic E-state index is 5.36. The van der Waals surface area contributed by atoms with E-state index in [0.29, 0.717) is 0 Å². The molecular weight excluding hydrogens is 176 g/mol. The first-order valence-electron chi connectivity index (χ1n) is 4.83. The normalized spacial score (nSPS) is 19.4. The molecular formula is C12H22O2. The lowest BCUT2D eigenvalue weighted by Crippen LogP contribution is -2.31. The summed E-state index contributed by atoms with van der Waals surface area (Å²) in [6.45, 7) is 11.6. The fourth-order valence-corrected chi connectivity index (χ4v) is 1.07. The average Bonchev–Trinajstić information content (AvgIpc) is 2.25. The summed E-state index contributed by atoms with van der Waals surface area (Å²) in [6, 6.07) is 0. The number of hydrogen-bond acceptors (Lipinski definition) is 2. The molecule has 0 rings (SSSR count). The van der Waals surface area contributed by atoms with Crippen LogP contribution in [0.3, 0.4) is 0 Å². The van der Waals surface area contributed by atoms with Crippen molar-refractivity contribution in [2.24, 2.45) is 0 Å². The quantitative estimate of drug-likeness (QED) is 0.585. The first-order valence-corrected chi connectivity index (χ1v) is 4.83. The topological polar surface area (TPSA) is 18.5 Å². The molecule has 0 N–H and O–H groups in total. The van der Waals surface area contributed by atoms with Crippen molar-refractivity contribution in [1.82, 2.24) is 0 Å². The average molecular weight is 198 g/mol. The zero-order valence-corrected chi connectivity index (χ0v) is 9.80. The second-order valence-electron chi connectivity index (χ2n) is 3.94. The van der Waals surface area contributed by atoms with Crippen molar-refractivity contribution in [2.45, 2.75) is 37.9 Å². The first-order chi connectivity index (χ1) is 6.45. The lowest BCUT2D eigenvalue weighted by atomic mass is 9.91. The molecule has 2 atom stereocenters. The standard InChI is InChI=1S/C12H22O2/c1-7-11(3,13-5)9-10-12(4,8-2)14-6/h7-8H,1-2,9-10H2,3-6H3. The molecule has 0 aromatic carbocycles. The van der Waals surface area contributed by atoms with E-state index in [-0.39, 0.29) is 11.2 Å². The van der Waals surface area contributed by atoms with Gasteiger partial charge >= 0.3 is 0 Å². The lowest BCUT2D eigenvalue weighted by molar-refractivity contribution is -0.00326. The largest absolute Gasteiger partial charge is 0.374 e. The highest BCUT2D eigenvalue weighted by atomic mass is 16.5. The van der Waals surface area contributed by atoms with Crippen molar-refractivity contribution < 1.29 is 9.47 Å². The molecule has 0 aliphatic rings. The van der Waals surface area contributed by atoms with Gasteiger partial charge in [-0.25, -0.2) is 0 Å². The first kappa shape index (κ1) is 13.4. The minimum absolute atomic E-state index is 0.275. The summed E-state index contributed by atoms with van der Waals surface area (Å²) in [7, 11) is 3.39. The summed E-state index contributed by atoms with van der Waals surface area (Å²) < 4.78 is 10.7. The summed E-state index contributed by atoms with van der Waals surface area (Å²) in [6.07, 6.45) is 5.38. The molecule has 82 valence electrons. The predicted octanol–water partition coefficient (Wildman–Crippen LogP) is 2.95. The van der Waals surface area contributed by atoms with Crippen LogP contribution in [0, 0.1) is 0 Å². The Kier molecular flexibility index (Phi) is 5.09. The molecule has 0 heterocycles. The van der Waals surface area contributed by atoms with Gasteiger partial charge in [0.2, 0.25) is 0 Å². The van der Waals surface area contributed by atoms with E-state index in [1.165, 1.54) is 0 Å². The fraction of sp³-hybridized carbons (Fsp3) is 0.667. The smallest absolute Gasteiger partial charge is 0.0829 e. The third-order valence-corrected chi connectivity index (χ3v) is 2.91. The minimum Gasteiger partial charge on any atom is -0.374 e. The van der Waals surface area contributed by atoms with Crippen LogP contribution < -0.4 is 0 Å². The van der Waals surface area contributed by atoms with Gasteiger partial charge < -0.3 is 9.47 Å². The van der Waals surface area contributed by atoms with E-state index in [0.717, 1.165) is 12.8 Å². The third-order valence-electron chi connectivity index (χ3n) is 2.91. The van der Waals surface area contributed by atoms with Crippen LogP contribution in [0.25, 0.3) is 0 Å². The molecule has 0 aromatic rings. The number of ether oxygens (including phenoxy) is 2. The Morgan fingerprint density at radius 3 is 1.36 bits per heavy atom. The maximum Gasteiger partial charge on any atom is 0.0829 e. The summed E-state index contributed by atoms with van der Waals surface area (Å²) >= 11 is 0. The van der Waals surface area contributed by atoms with Crippen LogP contribution in [0.5, 0.6) is 0 Å². The van der Waals surface area contributed by atoms with Crippen molar-refractivity contribution in [3.63, 3.8) is 0 Å². The van der Waals surface area contributed by atoms with Gasteiger partial charge in [0.1, 0.15) is 0 Å². The molecule has 0 saturated carbocycles. The van der Waals surface area contributed by atoms with Crippen LogP contribution >= 0.6 is 0 Å². The van der Waals surface area contributed by atoms with Gasteiger partial charge in [0, 0.05) is 14.2 Å². The van der Waals surface area contributed by atoms with Gasteiger partial charge in [0.15, 0.2) is 0 Å². The molecule has 0 radical (unpaired) electrons. The van der Waals surface area contributed by atoms with Crippen molar-refractivity contribution in [1.29, 1.82) is 0 Å². The van der Waals surface area contributed by atoms with Crippen molar-refractivity contribution in [3.8, 4) is 0 Å². The summed E-state index contributed by atoms with van der Waals surface area (Å²) in [5.41, 5.74) is -0.550. The molecule has 0 spiro atoms. The Hall–Kier alpha value is -0.600. The highest BCUT2D eigenvalue weighted by Gasteiger charge is 2.26. The summed E-state index contributed by atoms with van der Waals surface area (Å²) in [5, 5.41) is 0. The van der Waals surface area contributed by atoms with Gasteiger partial charge in [-0.05, 0) is 26.7 Å². The van der Waals surface area contributed by atoms with E-state index in [1.807, 2.05) is 26.0 Å². The zero-order chi connectivity index (χ0) is 11.2. The SMILES string of the molecule is C=CC(C)(CCC(C)(C=C)OC)OC. The minimum atomic E-state index is -0.275. The zero-order valence-electron chi connectivity index (χ0n) is 9.80. The lowest BCUT2D eigenvalue weighted by Gasteiger charge is -2.30. The molecule has 14 heavy (non-hydrogen) atoms. The summed E-state index contributed by atoms with van der Waals surface area (Å²) in [5.74, 6) is 0. The molecule has 0 fully saturated rings. The molecule has 0 aliphatic carbocycles. The Morgan fingerprint density at radius 1 is 0.929 bits per heavy atom. The van der Waals surface area contributed by atoms with Crippen LogP contribution in [0.4, 0.5) is 0 Å². The van der Waals surface area contributed by atoms with Crippen LogP contribution in [0.2, 0.25) is 0 Å². The van der Waals surface area contributed by atoms with E-state index in [9.17, 15) is 0 Å². The Morgan fingerprint density at radius 2 is 1.21 bits per heavy atom. The highest BCUT2D eigenvalue weighted by molar-refractivity contribution is 4.99. The second kappa shape index (κ2) is 5.32. The van der Waals surface area contributed by atoms with Gasteiger partial charge in [-0.3, -0.25) is 0 Å². The van der Waals surface area contributed by atoms with E-state index in [4.69, 9.17) is 9.47 Å². The van der Waals surface area contributed by atoms with E-state index in [1.54, 1.807) is 14.2 Å². The summed E-state index contributed by atoms with van der Waals surface area (Å²) in [4.78, 5) is 0. The maximum atomic E-state index is 5.36. The fourth-order valence-electron chi connectivity index (χ4n) is 1.07. The Balaban J connectivity index is 4.27. The molecule has 2 unspecified atom stereocenters. The van der Waals surface area contributed by atoms with Crippen LogP contribution in [-0.4, -0.2) is 25.4 Å². The van der Waals surface area contributed by atoms with Gasteiger partial charge in [-0.15, -0.1) is 13.2 Å². The Bertz CT molecular complexity index is 178. The van der Waals surface area contributed by atoms with Crippen LogP contribution in [-0.2, 0) is 9.47 Å². The molecule has 0 saturated heterocycles. The second-order valence-corrected chi connectivity index (χ2v) is 3.94. The van der Waals surface area contributed by atoms with Gasteiger partial charge in [-0.1, -0.05) is 12.2 Å². The monoisotopic (exact) mass is 198 g/mol. The highest BCUT2D eigenvalue weighted by Crippen LogP contribution is 2.25. The third kappa shape index (κ3) is 3.64. The van der Waals surface area contributed by atoms with Crippen molar-refractivity contribution >= 4 is 0 Å². The Labute approximate surface area is 87.6 Å². The molecule has 0 aromatic heterocycles. The molecule has 0 amide bonds. The van der Waals surface area contributed by atoms with Crippen LogP contribution in [0.15, 0.2) is 25.3 Å². The van der Waals surface area contributed by atoms with E-state index in [2.05, 4.69) is 13.2 Å². The molecule has 2 heteroatoms. The number of hydrogen-bond donors (Lipinski definition) is 0. The molecule has 0 bridgehead atoms. The van der Waals surface area contributed by atoms with Gasteiger partial charge in [0.05, 0.1) is 11.2 Å². The van der Waals surface area contributed by atoms with Gasteiger partial charge in [-0.2, -0.15) is 0 Å². The molecule has 2 nitrogen and oxygen atoms in total. The number of methoxy groups -OCH3 is 2. The van der Waals surface area contributed by atoms with Gasteiger partial charge in [0.25, 0.3) is 0 Å². The number of rotatable bonds is 7. The van der Waals surface area contributed by atoms with Crippen LogP contribution in [0.1, 0.15) is 26.7 Å². The van der Waals surface area contributed by atoms with E-state index >= 15 is 0 Å². The molecule has 0 aliphatic heterocycles. The van der Waals surface area contributed by atoms with Crippen molar-refractivity contribution in [3.05, 3.63) is 25.3 Å².